The molecule has 0 unspecified atom stereocenters. The van der Waals surface area contributed by atoms with Crippen molar-refractivity contribution in [3.05, 3.63) is 53.3 Å². The van der Waals surface area contributed by atoms with Gasteiger partial charge in [-0.25, -0.2) is 0 Å². The van der Waals surface area contributed by atoms with Crippen molar-refractivity contribution in [2.45, 2.75) is 6.92 Å². The number of furan rings is 1. The van der Waals surface area contributed by atoms with Crippen LogP contribution in [0.4, 0.5) is 0 Å². The van der Waals surface area contributed by atoms with Gasteiger partial charge in [-0.1, -0.05) is 24.3 Å². The number of hydrazone groups is 1. The van der Waals surface area contributed by atoms with Gasteiger partial charge in [-0.05, 0) is 42.5 Å². The number of amides is 1. The van der Waals surface area contributed by atoms with Gasteiger partial charge >= 0.3 is 0 Å². The zero-order chi connectivity index (χ0) is 19.1. The first-order chi connectivity index (χ1) is 12.9. The summed E-state index contributed by atoms with van der Waals surface area (Å²) < 4.78 is 5.71. The normalized spacial score (nSPS) is 17.8. The molecular weight excluding hydrogens is 368 g/mol. The topological polar surface area (TPSA) is 122 Å². The van der Waals surface area contributed by atoms with Crippen LogP contribution in [0.15, 0.2) is 56.5 Å². The van der Waals surface area contributed by atoms with Crippen molar-refractivity contribution in [1.82, 2.24) is 5.01 Å². The molecule has 134 valence electrons. The zero-order valence-corrected chi connectivity index (χ0v) is 14.7. The average molecular weight is 379 g/mol. The molecular formula is C18H11N4O4S-. The Balaban J connectivity index is 1.63. The molecule has 2 aromatic rings. The summed E-state index contributed by atoms with van der Waals surface area (Å²) in [6.45, 7) is 1.77. The van der Waals surface area contributed by atoms with E-state index in [1.165, 1.54) is 35.0 Å². The fourth-order valence-electron chi connectivity index (χ4n) is 2.59. The first-order valence-corrected chi connectivity index (χ1v) is 8.62. The number of carbonyl (C=O) groups is 2. The van der Waals surface area contributed by atoms with Gasteiger partial charge in [-0.15, -0.1) is 0 Å². The van der Waals surface area contributed by atoms with Crippen LogP contribution in [0, 0.1) is 5.41 Å². The molecule has 0 saturated carbocycles. The Bertz CT molecular complexity index is 1080. The molecule has 8 nitrogen and oxygen atoms in total. The van der Waals surface area contributed by atoms with Gasteiger partial charge in [0.2, 0.25) is 5.17 Å². The van der Waals surface area contributed by atoms with Crippen LogP contribution in [-0.2, 0) is 4.79 Å². The largest absolute Gasteiger partial charge is 0.545 e. The minimum Gasteiger partial charge on any atom is -0.545 e. The number of carboxylic acids is 1. The van der Waals surface area contributed by atoms with E-state index in [0.717, 1.165) is 0 Å². The number of hydrogen-bond acceptors (Lipinski definition) is 7. The maximum Gasteiger partial charge on any atom is 0.283 e. The highest BCUT2D eigenvalue weighted by Gasteiger charge is 2.34. The molecule has 9 heteroatoms. The van der Waals surface area contributed by atoms with E-state index in [9.17, 15) is 14.7 Å². The Hall–Kier alpha value is -3.46. The highest BCUT2D eigenvalue weighted by atomic mass is 32.2. The summed E-state index contributed by atoms with van der Waals surface area (Å²) >= 11 is 1.24. The second kappa shape index (κ2) is 6.36. The number of nitrogens with one attached hydrogen (secondary N) is 1. The molecule has 0 bridgehead atoms. The van der Waals surface area contributed by atoms with Crippen molar-refractivity contribution in [1.29, 1.82) is 5.41 Å². The molecule has 0 radical (unpaired) electrons. The fourth-order valence-corrected chi connectivity index (χ4v) is 3.32. The Morgan fingerprint density at radius 1 is 1.26 bits per heavy atom. The van der Waals surface area contributed by atoms with Crippen LogP contribution >= 0.6 is 11.8 Å². The molecule has 1 N–H and O–H groups in total. The van der Waals surface area contributed by atoms with Gasteiger partial charge in [0.25, 0.3) is 5.91 Å². The molecule has 0 fully saturated rings. The molecule has 2 aliphatic rings. The Morgan fingerprint density at radius 3 is 2.70 bits per heavy atom. The number of aliphatic imine (C=N–C) groups is 1. The first kappa shape index (κ1) is 17.0. The van der Waals surface area contributed by atoms with E-state index < -0.39 is 11.9 Å². The second-order valence-corrected chi connectivity index (χ2v) is 6.87. The number of rotatable bonds is 3. The maximum absolute atomic E-state index is 12.2. The van der Waals surface area contributed by atoms with Crippen molar-refractivity contribution in [3.63, 3.8) is 0 Å². The summed E-state index contributed by atoms with van der Waals surface area (Å²) in [6.07, 6.45) is 1.44. The fraction of sp³-hybridized carbons (Fsp3) is 0.0556. The van der Waals surface area contributed by atoms with Crippen LogP contribution in [-0.4, -0.2) is 32.9 Å². The molecule has 3 heterocycles. The van der Waals surface area contributed by atoms with Gasteiger partial charge in [0.05, 0.1) is 16.6 Å². The number of carbonyl (C=O) groups excluding carboxylic acids is 2. The lowest BCUT2D eigenvalue weighted by Gasteiger charge is -2.19. The third-order valence-corrected chi connectivity index (χ3v) is 4.70. The van der Waals surface area contributed by atoms with Crippen LogP contribution in [0.1, 0.15) is 23.0 Å². The van der Waals surface area contributed by atoms with E-state index in [1.807, 2.05) is 0 Å². The first-order valence-electron chi connectivity index (χ1n) is 7.81. The molecule has 2 aliphatic heterocycles. The SMILES string of the molecule is CC1=NN2C(=N)C(=Cc3ccc(-c4ccc(C(=O)[O-])cc4)o3)C(=O)N=C2S1. The highest BCUT2D eigenvalue weighted by molar-refractivity contribution is 8.26. The summed E-state index contributed by atoms with van der Waals surface area (Å²) in [4.78, 5) is 27.0. The number of amidine groups is 2. The van der Waals surface area contributed by atoms with Crippen LogP contribution in [0.3, 0.4) is 0 Å². The van der Waals surface area contributed by atoms with Gasteiger partial charge in [-0.2, -0.15) is 15.1 Å². The number of benzene rings is 1. The van der Waals surface area contributed by atoms with E-state index in [4.69, 9.17) is 9.83 Å². The Labute approximate surface area is 157 Å². The van der Waals surface area contributed by atoms with Gasteiger partial charge in [-0.3, -0.25) is 10.2 Å². The molecule has 1 aromatic carbocycles. The maximum atomic E-state index is 12.2. The minimum atomic E-state index is -1.25. The van der Waals surface area contributed by atoms with Crippen LogP contribution in [0.25, 0.3) is 17.4 Å². The van der Waals surface area contributed by atoms with Crippen LogP contribution in [0.5, 0.6) is 0 Å². The lowest BCUT2D eigenvalue weighted by molar-refractivity contribution is -0.255. The van der Waals surface area contributed by atoms with E-state index in [0.29, 0.717) is 27.3 Å². The summed E-state index contributed by atoms with van der Waals surface area (Å²) in [5.41, 5.74) is 0.819. The van der Waals surface area contributed by atoms with E-state index in [2.05, 4.69) is 10.1 Å². The number of fused-ring (bicyclic) bond motifs is 1. The molecule has 27 heavy (non-hydrogen) atoms. The van der Waals surface area contributed by atoms with Gasteiger partial charge in [0, 0.05) is 5.56 Å². The van der Waals surface area contributed by atoms with Crippen LogP contribution < -0.4 is 5.11 Å². The predicted molar refractivity (Wildman–Crippen MR) is 99.2 cm³/mol. The van der Waals surface area contributed by atoms with Crippen molar-refractivity contribution < 1.29 is 19.1 Å². The number of carboxylic acid groups (broad SMARTS) is 1. The highest BCUT2D eigenvalue weighted by Crippen LogP contribution is 2.29. The smallest absolute Gasteiger partial charge is 0.283 e. The molecule has 0 aliphatic carbocycles. The summed E-state index contributed by atoms with van der Waals surface area (Å²) in [6, 6.07) is 9.40. The summed E-state index contributed by atoms with van der Waals surface area (Å²) in [5.74, 6) is -0.978. The van der Waals surface area contributed by atoms with Gasteiger partial charge in [0.1, 0.15) is 11.5 Å². The Kier molecular flexibility index (Phi) is 4.00. The van der Waals surface area contributed by atoms with Crippen molar-refractivity contribution >= 4 is 45.8 Å². The number of thioether (sulfide) groups is 1. The summed E-state index contributed by atoms with van der Waals surface area (Å²) in [5, 5.41) is 25.6. The van der Waals surface area contributed by atoms with E-state index in [1.54, 1.807) is 31.2 Å². The third kappa shape index (κ3) is 3.08. The standard InChI is InChI=1S/C18H12N4O4S/c1-9-21-22-15(19)13(16(23)20-18(22)27-9)8-12-6-7-14(26-12)10-2-4-11(5-3-10)17(24)25/h2-8,19H,1H3,(H,24,25)/p-1. The average Bonchev–Trinajstić information content (AvgIpc) is 3.25. The number of aromatic carboxylic acids is 1. The molecule has 4 rings (SSSR count). The predicted octanol–water partition coefficient (Wildman–Crippen LogP) is 1.95. The van der Waals surface area contributed by atoms with Gasteiger partial charge in [0.15, 0.2) is 5.84 Å². The molecule has 1 amide bonds. The quantitative estimate of drug-likeness (QED) is 0.813. The Morgan fingerprint density at radius 2 is 2.00 bits per heavy atom. The summed E-state index contributed by atoms with van der Waals surface area (Å²) in [7, 11) is 0. The monoisotopic (exact) mass is 379 g/mol. The molecule has 0 spiro atoms. The zero-order valence-electron chi connectivity index (χ0n) is 13.9. The lowest BCUT2D eigenvalue weighted by Crippen LogP contribution is -2.35. The van der Waals surface area contributed by atoms with E-state index in [-0.39, 0.29) is 17.0 Å². The lowest BCUT2D eigenvalue weighted by atomic mass is 10.1. The van der Waals surface area contributed by atoms with Crippen LogP contribution in [0.2, 0.25) is 0 Å². The second-order valence-electron chi connectivity index (χ2n) is 5.71. The number of nitrogens with zero attached hydrogens (tertiary/aromatic N) is 3. The van der Waals surface area contributed by atoms with E-state index >= 15 is 0 Å². The molecule has 0 atom stereocenters. The van der Waals surface area contributed by atoms with Crippen molar-refractivity contribution in [2.24, 2.45) is 10.1 Å². The number of hydrogen-bond donors (Lipinski definition) is 1. The molecule has 1 aromatic heterocycles. The third-order valence-electron chi connectivity index (χ3n) is 3.87. The van der Waals surface area contributed by atoms with Crippen molar-refractivity contribution in [2.75, 3.05) is 0 Å². The minimum absolute atomic E-state index is 0.0642. The molecule has 0 saturated heterocycles. The van der Waals surface area contributed by atoms with Crippen molar-refractivity contribution in [3.8, 4) is 11.3 Å². The van der Waals surface area contributed by atoms with Gasteiger partial charge < -0.3 is 14.3 Å².